The van der Waals surface area contributed by atoms with Crippen molar-refractivity contribution in [3.05, 3.63) is 40.4 Å². The van der Waals surface area contributed by atoms with E-state index in [1.54, 1.807) is 12.1 Å². The Hall–Kier alpha value is -1.52. The van der Waals surface area contributed by atoms with Gasteiger partial charge in [0.2, 0.25) is 5.91 Å². The largest absolute Gasteiger partial charge is 0.466 e. The molecule has 1 N–H and O–H groups in total. The normalized spacial score (nSPS) is 9.72. The summed E-state index contributed by atoms with van der Waals surface area (Å²) >= 11 is 11.5. The Morgan fingerprint density at radius 1 is 1.33 bits per heavy atom. The molecule has 1 aromatic carbocycles. The quantitative estimate of drug-likeness (QED) is 0.684. The molecule has 6 heteroatoms. The molecule has 0 aromatic heterocycles. The summed E-state index contributed by atoms with van der Waals surface area (Å²) in [5, 5.41) is 3.30. The van der Waals surface area contributed by atoms with Crippen molar-refractivity contribution in [1.82, 2.24) is 0 Å². The zero-order chi connectivity index (χ0) is 13.7. The average Bonchev–Trinajstić information content (AvgIpc) is 2.32. The Balaban J connectivity index is 2.62. The first kappa shape index (κ1) is 14.5. The maximum atomic E-state index is 11.6. The third-order valence-electron chi connectivity index (χ3n) is 2.05. The second-order valence-corrected chi connectivity index (χ2v) is 4.26. The predicted octanol–water partition coefficient (Wildman–Crippen LogP) is 3.05. The van der Waals surface area contributed by atoms with E-state index in [9.17, 15) is 9.59 Å². The lowest BCUT2D eigenvalue weighted by atomic mass is 10.2. The molecule has 0 saturated carbocycles. The summed E-state index contributed by atoms with van der Waals surface area (Å²) in [4.78, 5) is 22.6. The lowest BCUT2D eigenvalue weighted by Crippen LogP contribution is -2.15. The minimum absolute atomic E-state index is 0.0788. The van der Waals surface area contributed by atoms with Gasteiger partial charge in [-0.1, -0.05) is 29.8 Å². The highest BCUT2D eigenvalue weighted by molar-refractivity contribution is 6.42. The molecule has 0 unspecified atom stereocenters. The Kier molecular flexibility index (Phi) is 5.19. The van der Waals surface area contributed by atoms with Crippen LogP contribution in [-0.4, -0.2) is 19.0 Å². The van der Waals surface area contributed by atoms with Gasteiger partial charge in [-0.25, -0.2) is 4.79 Å². The Bertz CT molecular complexity index is 500. The summed E-state index contributed by atoms with van der Waals surface area (Å²) in [5.41, 5.74) is 0.571. The highest BCUT2D eigenvalue weighted by Crippen LogP contribution is 2.25. The number of esters is 1. The Morgan fingerprint density at radius 2 is 2.00 bits per heavy atom. The number of ether oxygens (including phenoxy) is 1. The van der Waals surface area contributed by atoms with Crippen LogP contribution in [0.4, 0.5) is 5.69 Å². The molecule has 0 atom stereocenters. The average molecular weight is 288 g/mol. The van der Waals surface area contributed by atoms with Crippen molar-refractivity contribution in [3.8, 4) is 0 Å². The summed E-state index contributed by atoms with van der Waals surface area (Å²) in [6.45, 7) is 3.46. The number of carbonyl (C=O) groups is 2. The molecule has 0 aliphatic heterocycles. The molecular formula is C12H11Cl2NO3. The zero-order valence-electron chi connectivity index (χ0n) is 9.63. The summed E-state index contributed by atoms with van der Waals surface area (Å²) in [6, 6.07) is 4.68. The molecule has 0 saturated heterocycles. The van der Waals surface area contributed by atoms with Gasteiger partial charge >= 0.3 is 5.97 Å². The standard InChI is InChI=1S/C12H11Cl2NO3/c1-7(12(17)18-2)5-11(16)15-8-3-4-9(13)10(14)6-8/h3-4,6H,1,5H2,2H3,(H,15,16). The summed E-state index contributed by atoms with van der Waals surface area (Å²) in [7, 11) is 1.23. The molecule has 0 spiro atoms. The minimum atomic E-state index is -0.612. The molecule has 1 amide bonds. The van der Waals surface area contributed by atoms with Gasteiger partial charge in [0, 0.05) is 11.3 Å². The van der Waals surface area contributed by atoms with Crippen LogP contribution in [0.5, 0.6) is 0 Å². The van der Waals surface area contributed by atoms with Crippen LogP contribution in [0.2, 0.25) is 10.0 Å². The first-order valence-electron chi connectivity index (χ1n) is 4.95. The predicted molar refractivity (Wildman–Crippen MR) is 70.9 cm³/mol. The molecule has 0 radical (unpaired) electrons. The van der Waals surface area contributed by atoms with Gasteiger partial charge < -0.3 is 10.1 Å². The maximum Gasteiger partial charge on any atom is 0.333 e. The fraction of sp³-hybridized carbons (Fsp3) is 0.167. The fourth-order valence-corrected chi connectivity index (χ4v) is 1.49. The number of nitrogens with one attached hydrogen (secondary N) is 1. The highest BCUT2D eigenvalue weighted by atomic mass is 35.5. The van der Waals surface area contributed by atoms with Crippen molar-refractivity contribution in [2.45, 2.75) is 6.42 Å². The van der Waals surface area contributed by atoms with Crippen molar-refractivity contribution in [2.75, 3.05) is 12.4 Å². The van der Waals surface area contributed by atoms with Crippen molar-refractivity contribution in [3.63, 3.8) is 0 Å². The van der Waals surface area contributed by atoms with E-state index < -0.39 is 5.97 Å². The number of methoxy groups -OCH3 is 1. The number of halogens is 2. The molecule has 1 rings (SSSR count). The summed E-state index contributed by atoms with van der Waals surface area (Å²) < 4.78 is 4.44. The van der Waals surface area contributed by atoms with E-state index in [-0.39, 0.29) is 17.9 Å². The van der Waals surface area contributed by atoms with Crippen molar-refractivity contribution in [2.24, 2.45) is 0 Å². The molecule has 0 heterocycles. The van der Waals surface area contributed by atoms with Crippen LogP contribution in [0.3, 0.4) is 0 Å². The number of benzene rings is 1. The molecular weight excluding hydrogens is 277 g/mol. The first-order chi connectivity index (χ1) is 8.43. The van der Waals surface area contributed by atoms with Crippen LogP contribution in [0.15, 0.2) is 30.4 Å². The Morgan fingerprint density at radius 3 is 2.56 bits per heavy atom. The van der Waals surface area contributed by atoms with Crippen LogP contribution in [0.25, 0.3) is 0 Å². The molecule has 0 aliphatic carbocycles. The molecule has 4 nitrogen and oxygen atoms in total. The van der Waals surface area contributed by atoms with Gasteiger partial charge in [0.15, 0.2) is 0 Å². The fourth-order valence-electron chi connectivity index (χ4n) is 1.19. The van der Waals surface area contributed by atoms with Gasteiger partial charge in [0.05, 0.1) is 23.6 Å². The van der Waals surface area contributed by atoms with Gasteiger partial charge in [-0.3, -0.25) is 4.79 Å². The smallest absolute Gasteiger partial charge is 0.333 e. The Labute approximate surface area is 115 Å². The topological polar surface area (TPSA) is 55.4 Å². The van der Waals surface area contributed by atoms with Gasteiger partial charge in [-0.2, -0.15) is 0 Å². The third-order valence-corrected chi connectivity index (χ3v) is 2.79. The van der Waals surface area contributed by atoms with Crippen LogP contribution >= 0.6 is 23.2 Å². The van der Waals surface area contributed by atoms with E-state index in [4.69, 9.17) is 23.2 Å². The number of amides is 1. The maximum absolute atomic E-state index is 11.6. The lowest BCUT2D eigenvalue weighted by molar-refractivity contribution is -0.137. The van der Waals surface area contributed by atoms with Gasteiger partial charge in [-0.05, 0) is 18.2 Å². The van der Waals surface area contributed by atoms with Crippen molar-refractivity contribution >= 4 is 40.8 Å². The number of hydrogen-bond donors (Lipinski definition) is 1. The molecule has 18 heavy (non-hydrogen) atoms. The van der Waals surface area contributed by atoms with Crippen molar-refractivity contribution < 1.29 is 14.3 Å². The van der Waals surface area contributed by atoms with E-state index in [2.05, 4.69) is 16.6 Å². The first-order valence-corrected chi connectivity index (χ1v) is 5.70. The second-order valence-electron chi connectivity index (χ2n) is 3.45. The van der Waals surface area contributed by atoms with Gasteiger partial charge in [0.25, 0.3) is 0 Å². The van der Waals surface area contributed by atoms with E-state index in [1.165, 1.54) is 13.2 Å². The number of hydrogen-bond acceptors (Lipinski definition) is 3. The van der Waals surface area contributed by atoms with E-state index in [1.807, 2.05) is 0 Å². The number of carbonyl (C=O) groups excluding carboxylic acids is 2. The lowest BCUT2D eigenvalue weighted by Gasteiger charge is -2.07. The molecule has 0 fully saturated rings. The second kappa shape index (κ2) is 6.42. The van der Waals surface area contributed by atoms with Crippen LogP contribution in [-0.2, 0) is 14.3 Å². The molecule has 1 aromatic rings. The monoisotopic (exact) mass is 287 g/mol. The SMILES string of the molecule is C=C(CC(=O)Nc1ccc(Cl)c(Cl)c1)C(=O)OC. The van der Waals surface area contributed by atoms with Crippen LogP contribution in [0, 0.1) is 0 Å². The van der Waals surface area contributed by atoms with Crippen LogP contribution in [0.1, 0.15) is 6.42 Å². The molecule has 0 aliphatic rings. The molecule has 96 valence electrons. The molecule has 0 bridgehead atoms. The number of anilines is 1. The van der Waals surface area contributed by atoms with E-state index in [0.717, 1.165) is 0 Å². The summed E-state index contributed by atoms with van der Waals surface area (Å²) in [6.07, 6.45) is -0.146. The minimum Gasteiger partial charge on any atom is -0.466 e. The van der Waals surface area contributed by atoms with Crippen molar-refractivity contribution in [1.29, 1.82) is 0 Å². The van der Waals surface area contributed by atoms with Gasteiger partial charge in [0.1, 0.15) is 0 Å². The van der Waals surface area contributed by atoms with Crippen LogP contribution < -0.4 is 5.32 Å². The van der Waals surface area contributed by atoms with E-state index in [0.29, 0.717) is 15.7 Å². The zero-order valence-corrected chi connectivity index (χ0v) is 11.1. The number of rotatable bonds is 4. The van der Waals surface area contributed by atoms with E-state index >= 15 is 0 Å². The third kappa shape index (κ3) is 4.05. The highest BCUT2D eigenvalue weighted by Gasteiger charge is 2.12. The summed E-state index contributed by atoms with van der Waals surface area (Å²) in [5.74, 6) is -0.997. The van der Waals surface area contributed by atoms with Gasteiger partial charge in [-0.15, -0.1) is 0 Å².